The Kier molecular flexibility index (Phi) is 3.57. The monoisotopic (exact) mass is 299 g/mol. The molecule has 0 unspecified atom stereocenters. The third-order valence-corrected chi connectivity index (χ3v) is 3.87. The molecule has 0 atom stereocenters. The number of anilines is 1. The summed E-state index contributed by atoms with van der Waals surface area (Å²) in [6.07, 6.45) is 0. The Labute approximate surface area is 125 Å². The number of ketones is 1. The number of rotatable bonds is 4. The van der Waals surface area contributed by atoms with Gasteiger partial charge in [-0.2, -0.15) is 0 Å². The number of hydrogen-bond donors (Lipinski definition) is 1. The zero-order chi connectivity index (χ0) is 14.8. The maximum absolute atomic E-state index is 12.1. The summed E-state index contributed by atoms with van der Waals surface area (Å²) in [5.74, 6) is 0.638. The molecule has 0 radical (unpaired) electrons. The molecule has 7 heteroatoms. The van der Waals surface area contributed by atoms with Gasteiger partial charge in [0.05, 0.1) is 5.75 Å². The van der Waals surface area contributed by atoms with Crippen LogP contribution in [0.3, 0.4) is 0 Å². The number of aromatic nitrogens is 4. The molecular weight excluding hydrogens is 286 g/mol. The highest BCUT2D eigenvalue weighted by Gasteiger charge is 2.13. The number of nitrogens with zero attached hydrogens (tertiary/aromatic N) is 4. The molecule has 1 aromatic carbocycles. The summed E-state index contributed by atoms with van der Waals surface area (Å²) in [6, 6.07) is 11.0. The molecule has 0 aliphatic rings. The molecule has 2 N–H and O–H groups in total. The average molecular weight is 299 g/mol. The lowest BCUT2D eigenvalue weighted by Gasteiger charge is -2.03. The Bertz CT molecular complexity index is 800. The van der Waals surface area contributed by atoms with Gasteiger partial charge in [-0.05, 0) is 6.92 Å². The minimum absolute atomic E-state index is 0.0380. The van der Waals surface area contributed by atoms with Crippen LogP contribution in [0.15, 0.2) is 41.6 Å². The highest BCUT2D eigenvalue weighted by atomic mass is 32.2. The lowest BCUT2D eigenvalue weighted by atomic mass is 10.2. The number of nitrogens with two attached hydrogens (primary N) is 1. The Hall–Kier alpha value is -2.41. The number of thioether (sulfide) groups is 1. The number of hydrogen-bond acceptors (Lipinski definition) is 6. The van der Waals surface area contributed by atoms with Crippen molar-refractivity contribution in [3.63, 3.8) is 0 Å². The largest absolute Gasteiger partial charge is 0.369 e. The fraction of sp³-hybridized carbons (Fsp3) is 0.143. The molecule has 0 aliphatic heterocycles. The first kappa shape index (κ1) is 13.6. The van der Waals surface area contributed by atoms with Gasteiger partial charge >= 0.3 is 0 Å². The van der Waals surface area contributed by atoms with Crippen LogP contribution in [0.2, 0.25) is 0 Å². The van der Waals surface area contributed by atoms with Crippen LogP contribution >= 0.6 is 11.8 Å². The van der Waals surface area contributed by atoms with Gasteiger partial charge in [-0.25, -0.2) is 9.38 Å². The molecule has 0 saturated heterocycles. The van der Waals surface area contributed by atoms with Gasteiger partial charge in [0.25, 0.3) is 0 Å². The van der Waals surface area contributed by atoms with Crippen LogP contribution in [0.5, 0.6) is 0 Å². The van der Waals surface area contributed by atoms with Crippen molar-refractivity contribution in [1.82, 2.24) is 19.6 Å². The molecule has 0 fully saturated rings. The van der Waals surface area contributed by atoms with Gasteiger partial charge < -0.3 is 5.73 Å². The highest BCUT2D eigenvalue weighted by Crippen LogP contribution is 2.20. The maximum atomic E-state index is 12.1. The minimum atomic E-state index is 0.0380. The summed E-state index contributed by atoms with van der Waals surface area (Å²) in [7, 11) is 0. The number of carbonyl (C=O) groups is 1. The Morgan fingerprint density at radius 2 is 2.05 bits per heavy atom. The van der Waals surface area contributed by atoms with Gasteiger partial charge in [-0.15, -0.1) is 10.2 Å². The van der Waals surface area contributed by atoms with E-state index < -0.39 is 0 Å². The van der Waals surface area contributed by atoms with Crippen molar-refractivity contribution >= 4 is 29.1 Å². The SMILES string of the molecule is Cc1cc2nnc(SCC(=O)c3ccccc3)n2c(N)n1. The second kappa shape index (κ2) is 5.53. The number of benzene rings is 1. The fourth-order valence-electron chi connectivity index (χ4n) is 1.97. The molecule has 0 bridgehead atoms. The second-order valence-electron chi connectivity index (χ2n) is 4.51. The lowest BCUT2D eigenvalue weighted by Crippen LogP contribution is -2.05. The van der Waals surface area contributed by atoms with Crippen LogP contribution in [-0.4, -0.2) is 31.1 Å². The number of Topliss-reactive ketones (excluding diaryl/α,β-unsaturated/α-hetero) is 1. The maximum Gasteiger partial charge on any atom is 0.208 e. The van der Waals surface area contributed by atoms with Crippen molar-refractivity contribution in [2.45, 2.75) is 12.1 Å². The summed E-state index contributed by atoms with van der Waals surface area (Å²) in [5, 5.41) is 8.69. The van der Waals surface area contributed by atoms with Crippen molar-refractivity contribution in [3.05, 3.63) is 47.7 Å². The number of nitrogen functional groups attached to an aromatic ring is 1. The van der Waals surface area contributed by atoms with Crippen molar-refractivity contribution < 1.29 is 4.79 Å². The summed E-state index contributed by atoms with van der Waals surface area (Å²) in [4.78, 5) is 16.3. The first-order valence-corrected chi connectivity index (χ1v) is 7.33. The van der Waals surface area contributed by atoms with Gasteiger partial charge in [-0.3, -0.25) is 4.79 Å². The van der Waals surface area contributed by atoms with E-state index in [4.69, 9.17) is 5.73 Å². The van der Waals surface area contributed by atoms with Crippen molar-refractivity contribution in [2.24, 2.45) is 0 Å². The zero-order valence-corrected chi connectivity index (χ0v) is 12.2. The molecule has 21 heavy (non-hydrogen) atoms. The van der Waals surface area contributed by atoms with Gasteiger partial charge in [0.15, 0.2) is 16.6 Å². The predicted molar refractivity (Wildman–Crippen MR) is 81.4 cm³/mol. The summed E-state index contributed by atoms with van der Waals surface area (Å²) < 4.78 is 1.65. The van der Waals surface area contributed by atoms with E-state index in [1.165, 1.54) is 11.8 Å². The van der Waals surface area contributed by atoms with Gasteiger partial charge in [0.1, 0.15) is 0 Å². The van der Waals surface area contributed by atoms with Crippen LogP contribution in [-0.2, 0) is 0 Å². The van der Waals surface area contributed by atoms with Crippen LogP contribution in [0, 0.1) is 6.92 Å². The van der Waals surface area contributed by atoms with Gasteiger partial charge in [-0.1, -0.05) is 42.1 Å². The van der Waals surface area contributed by atoms with Crippen LogP contribution in [0.1, 0.15) is 16.1 Å². The molecule has 0 amide bonds. The zero-order valence-electron chi connectivity index (χ0n) is 11.4. The van der Waals surface area contributed by atoms with E-state index in [2.05, 4.69) is 15.2 Å². The van der Waals surface area contributed by atoms with Gasteiger partial charge in [0, 0.05) is 17.3 Å². The van der Waals surface area contributed by atoms with E-state index in [0.717, 1.165) is 5.69 Å². The standard InChI is InChI=1S/C14H13N5OS/c1-9-7-12-17-18-14(19(12)13(15)16-9)21-8-11(20)10-5-3-2-4-6-10/h2-7H,8H2,1H3,(H2,15,16). The van der Waals surface area contributed by atoms with E-state index in [9.17, 15) is 4.79 Å². The molecule has 6 nitrogen and oxygen atoms in total. The quantitative estimate of drug-likeness (QED) is 0.585. The van der Waals surface area contributed by atoms with Crippen LogP contribution < -0.4 is 5.73 Å². The Balaban J connectivity index is 1.82. The van der Waals surface area contributed by atoms with E-state index in [1.54, 1.807) is 22.6 Å². The van der Waals surface area contributed by atoms with E-state index in [0.29, 0.717) is 22.3 Å². The molecule has 3 aromatic rings. The Morgan fingerprint density at radius 3 is 2.81 bits per heavy atom. The topological polar surface area (TPSA) is 86.2 Å². The lowest BCUT2D eigenvalue weighted by molar-refractivity contribution is 0.102. The highest BCUT2D eigenvalue weighted by molar-refractivity contribution is 7.99. The van der Waals surface area contributed by atoms with E-state index >= 15 is 0 Å². The van der Waals surface area contributed by atoms with Crippen molar-refractivity contribution in [3.8, 4) is 0 Å². The Morgan fingerprint density at radius 1 is 1.29 bits per heavy atom. The first-order valence-electron chi connectivity index (χ1n) is 6.34. The minimum Gasteiger partial charge on any atom is -0.369 e. The molecule has 0 spiro atoms. The molecule has 3 rings (SSSR count). The van der Waals surface area contributed by atoms with Crippen LogP contribution in [0.4, 0.5) is 5.95 Å². The number of carbonyl (C=O) groups excluding carboxylic acids is 1. The van der Waals surface area contributed by atoms with Crippen molar-refractivity contribution in [2.75, 3.05) is 11.5 Å². The first-order chi connectivity index (χ1) is 10.1. The second-order valence-corrected chi connectivity index (χ2v) is 5.45. The predicted octanol–water partition coefficient (Wildman–Crippen LogP) is 1.99. The number of aryl methyl sites for hydroxylation is 1. The third-order valence-electron chi connectivity index (χ3n) is 2.94. The smallest absolute Gasteiger partial charge is 0.208 e. The molecule has 2 heterocycles. The van der Waals surface area contributed by atoms with E-state index in [1.807, 2.05) is 25.1 Å². The molecule has 0 saturated carbocycles. The van der Waals surface area contributed by atoms with Gasteiger partial charge in [0.2, 0.25) is 5.95 Å². The molecule has 0 aliphatic carbocycles. The number of fused-ring (bicyclic) bond motifs is 1. The molecular formula is C14H13N5OS. The van der Waals surface area contributed by atoms with E-state index in [-0.39, 0.29) is 11.5 Å². The molecule has 2 aromatic heterocycles. The summed E-state index contributed by atoms with van der Waals surface area (Å²) in [6.45, 7) is 1.84. The molecule has 106 valence electrons. The average Bonchev–Trinajstić information content (AvgIpc) is 2.89. The fourth-order valence-corrected chi connectivity index (χ4v) is 2.81. The summed E-state index contributed by atoms with van der Waals surface area (Å²) in [5.41, 5.74) is 7.99. The van der Waals surface area contributed by atoms with Crippen molar-refractivity contribution in [1.29, 1.82) is 0 Å². The summed E-state index contributed by atoms with van der Waals surface area (Å²) >= 11 is 1.30. The third kappa shape index (κ3) is 2.73. The normalized spacial score (nSPS) is 10.9. The van der Waals surface area contributed by atoms with Crippen LogP contribution in [0.25, 0.3) is 5.65 Å².